The van der Waals surface area contributed by atoms with E-state index in [0.29, 0.717) is 6.07 Å². The number of hydrogen-bond donors (Lipinski definition) is 2. The summed E-state index contributed by atoms with van der Waals surface area (Å²) in [6.07, 6.45) is -4.65. The Hall–Kier alpha value is -1.63. The van der Waals surface area contributed by atoms with E-state index in [9.17, 15) is 22.4 Å². The van der Waals surface area contributed by atoms with E-state index in [2.05, 4.69) is 10.6 Å². The van der Waals surface area contributed by atoms with E-state index >= 15 is 0 Å². The molecule has 116 valence electrons. The van der Waals surface area contributed by atoms with E-state index < -0.39 is 17.6 Å². The average molecular weight is 304 g/mol. The maximum atomic E-state index is 13.0. The SMILES string of the molecule is CC(C(=O)NCc1ccc(F)cc1C(F)(F)F)C1CNC1. The quantitative estimate of drug-likeness (QED) is 0.838. The Labute approximate surface area is 119 Å². The monoisotopic (exact) mass is 304 g/mol. The van der Waals surface area contributed by atoms with Crippen molar-refractivity contribution in [1.29, 1.82) is 0 Å². The third-order valence-electron chi connectivity index (χ3n) is 3.76. The predicted molar refractivity (Wildman–Crippen MR) is 68.8 cm³/mol. The van der Waals surface area contributed by atoms with E-state index in [1.165, 1.54) is 0 Å². The summed E-state index contributed by atoms with van der Waals surface area (Å²) in [6, 6.07) is 2.45. The summed E-state index contributed by atoms with van der Waals surface area (Å²) < 4.78 is 51.4. The lowest BCUT2D eigenvalue weighted by atomic mass is 9.88. The number of amides is 1. The molecule has 0 spiro atoms. The number of carbonyl (C=O) groups excluding carboxylic acids is 1. The molecule has 1 fully saturated rings. The smallest absolute Gasteiger partial charge is 0.352 e. The number of halogens is 4. The van der Waals surface area contributed by atoms with E-state index in [4.69, 9.17) is 0 Å². The fourth-order valence-electron chi connectivity index (χ4n) is 2.19. The van der Waals surface area contributed by atoms with Crippen LogP contribution in [0.1, 0.15) is 18.1 Å². The molecule has 7 heteroatoms. The molecule has 0 aliphatic carbocycles. The molecule has 1 atom stereocenters. The predicted octanol–water partition coefficient (Wildman–Crippen LogP) is 2.32. The van der Waals surface area contributed by atoms with Gasteiger partial charge in [-0.2, -0.15) is 13.2 Å². The molecule has 0 aromatic heterocycles. The summed E-state index contributed by atoms with van der Waals surface area (Å²) in [4.78, 5) is 11.9. The molecule has 0 bridgehead atoms. The number of carbonyl (C=O) groups is 1. The Balaban J connectivity index is 2.04. The zero-order valence-corrected chi connectivity index (χ0v) is 11.4. The van der Waals surface area contributed by atoms with Gasteiger partial charge in [0.1, 0.15) is 5.82 Å². The van der Waals surface area contributed by atoms with Gasteiger partial charge in [-0.25, -0.2) is 4.39 Å². The lowest BCUT2D eigenvalue weighted by molar-refractivity contribution is -0.138. The largest absolute Gasteiger partial charge is 0.416 e. The van der Waals surface area contributed by atoms with Crippen LogP contribution in [0.3, 0.4) is 0 Å². The topological polar surface area (TPSA) is 41.1 Å². The van der Waals surface area contributed by atoms with Crippen molar-refractivity contribution in [2.24, 2.45) is 11.8 Å². The second-order valence-corrected chi connectivity index (χ2v) is 5.22. The number of benzene rings is 1. The average Bonchev–Trinajstić information content (AvgIpc) is 2.33. The van der Waals surface area contributed by atoms with Gasteiger partial charge >= 0.3 is 6.18 Å². The first-order valence-corrected chi connectivity index (χ1v) is 6.63. The van der Waals surface area contributed by atoms with Gasteiger partial charge in [0.25, 0.3) is 0 Å². The molecule has 1 unspecified atom stereocenters. The first-order chi connectivity index (χ1) is 9.79. The zero-order chi connectivity index (χ0) is 15.6. The van der Waals surface area contributed by atoms with Gasteiger partial charge in [0.15, 0.2) is 0 Å². The van der Waals surface area contributed by atoms with E-state index in [1.807, 2.05) is 0 Å². The van der Waals surface area contributed by atoms with Gasteiger partial charge in [-0.15, -0.1) is 0 Å². The third-order valence-corrected chi connectivity index (χ3v) is 3.76. The van der Waals surface area contributed by atoms with E-state index in [-0.39, 0.29) is 29.9 Å². The molecule has 3 nitrogen and oxygen atoms in total. The second kappa shape index (κ2) is 6.01. The molecule has 0 radical (unpaired) electrons. The van der Waals surface area contributed by atoms with Crippen LogP contribution in [-0.4, -0.2) is 19.0 Å². The third kappa shape index (κ3) is 3.72. The molecule has 2 N–H and O–H groups in total. The highest BCUT2D eigenvalue weighted by Crippen LogP contribution is 2.32. The standard InChI is InChI=1S/C14H16F4N2O/c1-8(10-5-19-6-10)13(21)20-7-9-2-3-11(15)4-12(9)14(16,17)18/h2-4,8,10,19H,5-7H2,1H3,(H,20,21). The maximum absolute atomic E-state index is 13.0. The van der Waals surface area contributed by atoms with Crippen molar-refractivity contribution in [3.8, 4) is 0 Å². The molecule has 1 aliphatic rings. The van der Waals surface area contributed by atoms with Gasteiger partial charge < -0.3 is 10.6 Å². The van der Waals surface area contributed by atoms with Crippen LogP contribution in [0.2, 0.25) is 0 Å². The van der Waals surface area contributed by atoms with Crippen molar-refractivity contribution in [1.82, 2.24) is 10.6 Å². The van der Waals surface area contributed by atoms with Crippen molar-refractivity contribution in [2.45, 2.75) is 19.6 Å². The van der Waals surface area contributed by atoms with Gasteiger partial charge in [-0.1, -0.05) is 13.0 Å². The first kappa shape index (κ1) is 15.8. The highest BCUT2D eigenvalue weighted by atomic mass is 19.4. The highest BCUT2D eigenvalue weighted by molar-refractivity contribution is 5.78. The molecule has 1 aromatic carbocycles. The minimum atomic E-state index is -4.65. The minimum absolute atomic E-state index is 0.142. The molecule has 1 aliphatic heterocycles. The van der Waals surface area contributed by atoms with Gasteiger partial charge in [0, 0.05) is 12.5 Å². The Morgan fingerprint density at radius 2 is 2.10 bits per heavy atom. The number of alkyl halides is 3. The van der Waals surface area contributed by atoms with Crippen molar-refractivity contribution < 1.29 is 22.4 Å². The number of hydrogen-bond acceptors (Lipinski definition) is 2. The van der Waals surface area contributed by atoms with Crippen LogP contribution in [0, 0.1) is 17.7 Å². The lowest BCUT2D eigenvalue weighted by Crippen LogP contribution is -2.49. The van der Waals surface area contributed by atoms with Crippen LogP contribution in [0.25, 0.3) is 0 Å². The zero-order valence-electron chi connectivity index (χ0n) is 11.4. The van der Waals surface area contributed by atoms with Crippen LogP contribution < -0.4 is 10.6 Å². The van der Waals surface area contributed by atoms with E-state index in [1.54, 1.807) is 6.92 Å². The van der Waals surface area contributed by atoms with E-state index in [0.717, 1.165) is 25.2 Å². The van der Waals surface area contributed by atoms with Crippen LogP contribution in [0.15, 0.2) is 18.2 Å². The van der Waals surface area contributed by atoms with Crippen LogP contribution in [0.5, 0.6) is 0 Å². The Morgan fingerprint density at radius 3 is 2.62 bits per heavy atom. The maximum Gasteiger partial charge on any atom is 0.416 e. The summed E-state index contributed by atoms with van der Waals surface area (Å²) in [5.74, 6) is -1.30. The molecule has 0 saturated carbocycles. The van der Waals surface area contributed by atoms with Crippen molar-refractivity contribution in [3.63, 3.8) is 0 Å². The molecular formula is C14H16F4N2O. The van der Waals surface area contributed by atoms with Gasteiger partial charge in [0.05, 0.1) is 5.56 Å². The normalized spacial score (nSPS) is 17.2. The lowest BCUT2D eigenvalue weighted by Gasteiger charge is -2.31. The van der Waals surface area contributed by atoms with Crippen molar-refractivity contribution in [3.05, 3.63) is 35.1 Å². The second-order valence-electron chi connectivity index (χ2n) is 5.22. The van der Waals surface area contributed by atoms with Crippen LogP contribution >= 0.6 is 0 Å². The number of nitrogens with one attached hydrogen (secondary N) is 2. The Morgan fingerprint density at radius 1 is 1.43 bits per heavy atom. The van der Waals surface area contributed by atoms with Crippen molar-refractivity contribution in [2.75, 3.05) is 13.1 Å². The van der Waals surface area contributed by atoms with Gasteiger partial charge in [0.2, 0.25) is 5.91 Å². The summed E-state index contributed by atoms with van der Waals surface area (Å²) in [7, 11) is 0. The van der Waals surface area contributed by atoms with Crippen LogP contribution in [0.4, 0.5) is 17.6 Å². The molecule has 2 rings (SSSR count). The summed E-state index contributed by atoms with van der Waals surface area (Å²) >= 11 is 0. The van der Waals surface area contributed by atoms with Crippen LogP contribution in [-0.2, 0) is 17.5 Å². The highest BCUT2D eigenvalue weighted by Gasteiger charge is 2.34. The Kier molecular flexibility index (Phi) is 4.51. The molecule has 1 aromatic rings. The fraction of sp³-hybridized carbons (Fsp3) is 0.500. The summed E-state index contributed by atoms with van der Waals surface area (Å²) in [5, 5.41) is 5.53. The minimum Gasteiger partial charge on any atom is -0.352 e. The fourth-order valence-corrected chi connectivity index (χ4v) is 2.19. The summed E-state index contributed by atoms with van der Waals surface area (Å²) in [5.41, 5.74) is -1.20. The molecular weight excluding hydrogens is 288 g/mol. The first-order valence-electron chi connectivity index (χ1n) is 6.63. The van der Waals surface area contributed by atoms with Gasteiger partial charge in [-0.05, 0) is 36.7 Å². The molecule has 1 saturated heterocycles. The Bertz CT molecular complexity index is 526. The molecule has 1 heterocycles. The molecule has 21 heavy (non-hydrogen) atoms. The summed E-state index contributed by atoms with van der Waals surface area (Å²) in [6.45, 7) is 2.95. The molecule has 1 amide bonds. The van der Waals surface area contributed by atoms with Gasteiger partial charge in [-0.3, -0.25) is 4.79 Å². The van der Waals surface area contributed by atoms with Crippen molar-refractivity contribution >= 4 is 5.91 Å². The number of rotatable bonds is 4.